The molecule has 0 radical (unpaired) electrons. The highest BCUT2D eigenvalue weighted by Gasteiger charge is 2.55. The van der Waals surface area contributed by atoms with Crippen molar-refractivity contribution >= 4 is 5.97 Å². The van der Waals surface area contributed by atoms with Gasteiger partial charge in [0.1, 0.15) is 11.0 Å². The molecule has 31 heavy (non-hydrogen) atoms. The van der Waals surface area contributed by atoms with Gasteiger partial charge in [-0.1, -0.05) is 57.9 Å². The number of carboxylic acid groups (broad SMARTS) is 1. The van der Waals surface area contributed by atoms with Gasteiger partial charge >= 0.3 is 12.1 Å². The van der Waals surface area contributed by atoms with E-state index in [9.17, 15) is 27.9 Å². The van der Waals surface area contributed by atoms with Crippen molar-refractivity contribution in [3.8, 4) is 0 Å². The lowest BCUT2D eigenvalue weighted by Crippen LogP contribution is -2.52. The molecule has 0 saturated heterocycles. The maximum atomic E-state index is 13.0. The Morgan fingerprint density at radius 3 is 2.16 bits per heavy atom. The van der Waals surface area contributed by atoms with Crippen molar-refractivity contribution in [2.45, 2.75) is 64.6 Å². The molecule has 0 spiro atoms. The summed E-state index contributed by atoms with van der Waals surface area (Å²) in [6.07, 6.45) is -0.117. The first-order valence-corrected chi connectivity index (χ1v) is 10.3. The molecule has 0 bridgehead atoms. The molecule has 3 rings (SSSR count). The third-order valence-corrected chi connectivity index (χ3v) is 6.45. The summed E-state index contributed by atoms with van der Waals surface area (Å²) in [5.41, 5.74) is -2.86. The molecule has 1 aliphatic rings. The van der Waals surface area contributed by atoms with Crippen LogP contribution in [-0.4, -0.2) is 20.9 Å². The molecule has 1 atom stereocenters. The monoisotopic (exact) mass is 436 g/mol. The zero-order valence-corrected chi connectivity index (χ0v) is 17.9. The summed E-state index contributed by atoms with van der Waals surface area (Å²) in [4.78, 5) is 24.8. The lowest BCUT2D eigenvalue weighted by molar-refractivity contribution is -0.152. The second kappa shape index (κ2) is 8.13. The van der Waals surface area contributed by atoms with Gasteiger partial charge in [0.25, 0.3) is 5.56 Å². The van der Waals surface area contributed by atoms with E-state index in [2.05, 4.69) is 5.10 Å². The molecule has 1 aromatic heterocycles. The molecule has 2 aromatic rings. The van der Waals surface area contributed by atoms with E-state index < -0.39 is 34.1 Å². The summed E-state index contributed by atoms with van der Waals surface area (Å²) < 4.78 is 39.7. The minimum atomic E-state index is -4.75. The Morgan fingerprint density at radius 1 is 1.10 bits per heavy atom. The van der Waals surface area contributed by atoms with Crippen LogP contribution >= 0.6 is 0 Å². The van der Waals surface area contributed by atoms with Gasteiger partial charge in [-0.25, -0.2) is 4.68 Å². The molecule has 1 heterocycles. The van der Waals surface area contributed by atoms with Crippen molar-refractivity contribution in [2.75, 3.05) is 0 Å². The third kappa shape index (κ3) is 4.12. The highest BCUT2D eigenvalue weighted by molar-refractivity contribution is 5.83. The highest BCUT2D eigenvalue weighted by Crippen LogP contribution is 2.52. The predicted octanol–water partition coefficient (Wildman–Crippen LogP) is 4.87. The van der Waals surface area contributed by atoms with E-state index in [0.717, 1.165) is 36.6 Å². The van der Waals surface area contributed by atoms with Crippen LogP contribution in [0, 0.1) is 11.3 Å². The fourth-order valence-electron chi connectivity index (χ4n) is 5.08. The molecule has 8 heteroatoms. The van der Waals surface area contributed by atoms with Crippen molar-refractivity contribution < 1.29 is 23.1 Å². The molecule has 1 unspecified atom stereocenters. The zero-order valence-electron chi connectivity index (χ0n) is 17.9. The molecule has 168 valence electrons. The summed E-state index contributed by atoms with van der Waals surface area (Å²) in [6.45, 7) is 5.65. The van der Waals surface area contributed by atoms with Gasteiger partial charge in [0.2, 0.25) is 0 Å². The van der Waals surface area contributed by atoms with E-state index in [4.69, 9.17) is 0 Å². The fourth-order valence-corrected chi connectivity index (χ4v) is 5.08. The van der Waals surface area contributed by atoms with E-state index in [-0.39, 0.29) is 12.5 Å². The van der Waals surface area contributed by atoms with Crippen LogP contribution in [0.3, 0.4) is 0 Å². The van der Waals surface area contributed by atoms with Gasteiger partial charge in [-0.05, 0) is 41.4 Å². The van der Waals surface area contributed by atoms with Gasteiger partial charge in [-0.3, -0.25) is 9.59 Å². The quantitative estimate of drug-likeness (QED) is 0.726. The minimum absolute atomic E-state index is 0.00334. The van der Waals surface area contributed by atoms with E-state index in [1.807, 2.05) is 20.8 Å². The Hall–Kier alpha value is -2.64. The molecule has 1 aromatic carbocycles. The second-order valence-corrected chi connectivity index (χ2v) is 9.25. The SMILES string of the molecule is CC(C)(C)C(C(=O)O)(c1ccc(Cn2nccc(C(F)(F)F)c2=O)cc1)C1CCCC1. The number of aromatic nitrogens is 2. The number of nitrogens with zero attached hydrogens (tertiary/aromatic N) is 2. The van der Waals surface area contributed by atoms with Crippen LogP contribution in [0.2, 0.25) is 0 Å². The Morgan fingerprint density at radius 2 is 1.68 bits per heavy atom. The summed E-state index contributed by atoms with van der Waals surface area (Å²) in [7, 11) is 0. The molecule has 1 aliphatic carbocycles. The van der Waals surface area contributed by atoms with E-state index in [0.29, 0.717) is 17.2 Å². The first-order valence-electron chi connectivity index (χ1n) is 10.3. The number of rotatable bonds is 5. The minimum Gasteiger partial charge on any atom is -0.481 e. The average molecular weight is 436 g/mol. The second-order valence-electron chi connectivity index (χ2n) is 9.25. The third-order valence-electron chi connectivity index (χ3n) is 6.45. The van der Waals surface area contributed by atoms with Gasteiger partial charge in [-0.2, -0.15) is 18.3 Å². The van der Waals surface area contributed by atoms with Gasteiger partial charge in [0, 0.05) is 6.20 Å². The van der Waals surface area contributed by atoms with Gasteiger partial charge < -0.3 is 5.11 Å². The number of halogens is 3. The summed E-state index contributed by atoms with van der Waals surface area (Å²) in [5.74, 6) is -0.862. The van der Waals surface area contributed by atoms with Gasteiger partial charge in [0.05, 0.1) is 6.54 Å². The smallest absolute Gasteiger partial charge is 0.421 e. The van der Waals surface area contributed by atoms with Gasteiger partial charge in [0.15, 0.2) is 0 Å². The maximum absolute atomic E-state index is 13.0. The first kappa shape index (κ1) is 23.0. The number of alkyl halides is 3. The molecular formula is C23H27F3N2O3. The van der Waals surface area contributed by atoms with Crippen molar-refractivity contribution in [1.29, 1.82) is 0 Å². The number of hydrogen-bond acceptors (Lipinski definition) is 3. The number of carboxylic acids is 1. The Labute approximate surface area is 178 Å². The Balaban J connectivity index is 1.99. The molecular weight excluding hydrogens is 409 g/mol. The largest absolute Gasteiger partial charge is 0.481 e. The molecule has 1 saturated carbocycles. The van der Waals surface area contributed by atoms with Crippen LogP contribution in [-0.2, 0) is 22.9 Å². The lowest BCUT2D eigenvalue weighted by atomic mass is 9.55. The van der Waals surface area contributed by atoms with Crippen LogP contribution in [0.5, 0.6) is 0 Å². The first-order chi connectivity index (χ1) is 14.4. The summed E-state index contributed by atoms with van der Waals surface area (Å²) in [5, 5.41) is 14.1. The predicted molar refractivity (Wildman–Crippen MR) is 110 cm³/mol. The number of aliphatic carboxylic acids is 1. The van der Waals surface area contributed by atoms with Crippen molar-refractivity contribution in [3.05, 3.63) is 63.6 Å². The van der Waals surface area contributed by atoms with Crippen LogP contribution in [0.25, 0.3) is 0 Å². The number of benzene rings is 1. The molecule has 0 aliphatic heterocycles. The van der Waals surface area contributed by atoms with Crippen LogP contribution in [0.15, 0.2) is 41.3 Å². The fraction of sp³-hybridized carbons (Fsp3) is 0.522. The van der Waals surface area contributed by atoms with E-state index in [1.54, 1.807) is 24.3 Å². The Kier molecular flexibility index (Phi) is 6.04. The molecule has 1 fully saturated rings. The highest BCUT2D eigenvalue weighted by atomic mass is 19.4. The topological polar surface area (TPSA) is 72.2 Å². The molecule has 1 N–H and O–H groups in total. The van der Waals surface area contributed by atoms with Crippen LogP contribution in [0.4, 0.5) is 13.2 Å². The summed E-state index contributed by atoms with van der Waals surface area (Å²) in [6, 6.07) is 7.45. The lowest BCUT2D eigenvalue weighted by Gasteiger charge is -2.46. The molecule has 5 nitrogen and oxygen atoms in total. The van der Waals surface area contributed by atoms with Crippen LogP contribution in [0.1, 0.15) is 63.1 Å². The van der Waals surface area contributed by atoms with Crippen LogP contribution < -0.4 is 5.56 Å². The number of carbonyl (C=O) groups is 1. The standard InChI is InChI=1S/C23H27F3N2O3/c1-21(2,3)22(20(30)31,16-6-4-5-7-16)17-10-8-15(9-11-17)14-28-19(29)18(12-13-27-28)23(24,25)26/h8-13,16H,4-7,14H2,1-3H3,(H,30,31). The van der Waals surface area contributed by atoms with Gasteiger partial charge in [-0.15, -0.1) is 0 Å². The van der Waals surface area contributed by atoms with E-state index >= 15 is 0 Å². The average Bonchev–Trinajstić information content (AvgIpc) is 3.17. The van der Waals surface area contributed by atoms with Crippen molar-refractivity contribution in [2.24, 2.45) is 11.3 Å². The Bertz CT molecular complexity index is 1000. The zero-order chi connectivity index (χ0) is 23.0. The van der Waals surface area contributed by atoms with Crippen molar-refractivity contribution in [1.82, 2.24) is 9.78 Å². The molecule has 0 amide bonds. The maximum Gasteiger partial charge on any atom is 0.421 e. The normalized spacial score (nSPS) is 17.5. The summed E-state index contributed by atoms with van der Waals surface area (Å²) >= 11 is 0. The number of hydrogen-bond donors (Lipinski definition) is 1. The van der Waals surface area contributed by atoms with E-state index in [1.165, 1.54) is 0 Å². The van der Waals surface area contributed by atoms with Crippen molar-refractivity contribution in [3.63, 3.8) is 0 Å².